The van der Waals surface area contributed by atoms with E-state index < -0.39 is 0 Å². The van der Waals surface area contributed by atoms with Crippen molar-refractivity contribution in [2.75, 3.05) is 0 Å². The summed E-state index contributed by atoms with van der Waals surface area (Å²) in [7, 11) is 3.02. The lowest BCUT2D eigenvalue weighted by Crippen LogP contribution is -2.08. The van der Waals surface area contributed by atoms with E-state index in [2.05, 4.69) is 10.2 Å². The van der Waals surface area contributed by atoms with E-state index in [9.17, 15) is 4.39 Å². The molecule has 3 radical (unpaired) electrons. The SMILES string of the molecule is Fc1cccc(Cl)c1[Si]. The molecule has 0 aliphatic heterocycles. The van der Waals surface area contributed by atoms with Gasteiger partial charge in [-0.15, -0.1) is 0 Å². The second kappa shape index (κ2) is 2.50. The molecule has 0 aliphatic rings. The average Bonchev–Trinajstić information content (AvgIpc) is 1.83. The molecule has 9 heavy (non-hydrogen) atoms. The Morgan fingerprint density at radius 1 is 1.44 bits per heavy atom. The van der Waals surface area contributed by atoms with E-state index in [0.717, 1.165) is 0 Å². The number of hydrogen-bond donors (Lipinski definition) is 0. The molecule has 1 aromatic rings. The largest absolute Gasteiger partial charge is 0.207 e. The molecule has 0 saturated heterocycles. The lowest BCUT2D eigenvalue weighted by atomic mass is 10.3. The van der Waals surface area contributed by atoms with Crippen LogP contribution < -0.4 is 5.19 Å². The zero-order chi connectivity index (χ0) is 6.85. The van der Waals surface area contributed by atoms with Gasteiger partial charge >= 0.3 is 0 Å². The number of halogens is 2. The van der Waals surface area contributed by atoms with Crippen LogP contribution in [0.4, 0.5) is 4.39 Å². The Labute approximate surface area is 61.1 Å². The van der Waals surface area contributed by atoms with Gasteiger partial charge in [0.15, 0.2) is 0 Å². The fourth-order valence-corrected chi connectivity index (χ4v) is 0.827. The summed E-state index contributed by atoms with van der Waals surface area (Å²) in [4.78, 5) is 0. The predicted octanol–water partition coefficient (Wildman–Crippen LogP) is 1.27. The van der Waals surface area contributed by atoms with Gasteiger partial charge in [0.25, 0.3) is 0 Å². The summed E-state index contributed by atoms with van der Waals surface area (Å²) in [5.41, 5.74) is 0. The Balaban J connectivity index is 3.25. The lowest BCUT2D eigenvalue weighted by Gasteiger charge is -1.95. The number of rotatable bonds is 0. The third-order valence-corrected chi connectivity index (χ3v) is 1.94. The van der Waals surface area contributed by atoms with Gasteiger partial charge in [0.05, 0.1) is 10.2 Å². The highest BCUT2D eigenvalue weighted by atomic mass is 35.5. The topological polar surface area (TPSA) is 0 Å². The molecule has 0 spiro atoms. The van der Waals surface area contributed by atoms with Gasteiger partial charge < -0.3 is 0 Å². The highest BCUT2D eigenvalue weighted by Crippen LogP contribution is 2.04. The van der Waals surface area contributed by atoms with Crippen molar-refractivity contribution in [2.45, 2.75) is 0 Å². The minimum Gasteiger partial charge on any atom is -0.207 e. The summed E-state index contributed by atoms with van der Waals surface area (Å²) >= 11 is 5.53. The first kappa shape index (κ1) is 6.77. The normalized spacial score (nSPS) is 9.67. The first-order chi connectivity index (χ1) is 4.22. The van der Waals surface area contributed by atoms with E-state index in [1.165, 1.54) is 6.07 Å². The van der Waals surface area contributed by atoms with E-state index in [-0.39, 0.29) is 5.82 Å². The molecule has 0 bridgehead atoms. The second-order valence-corrected chi connectivity index (χ2v) is 2.50. The molecule has 0 aliphatic carbocycles. The highest BCUT2D eigenvalue weighted by molar-refractivity contribution is 6.45. The van der Waals surface area contributed by atoms with Crippen molar-refractivity contribution in [1.29, 1.82) is 0 Å². The summed E-state index contributed by atoms with van der Waals surface area (Å²) in [6.07, 6.45) is 0. The fourth-order valence-electron chi connectivity index (χ4n) is 0.498. The Hall–Kier alpha value is -0.343. The highest BCUT2D eigenvalue weighted by Gasteiger charge is 1.97. The Morgan fingerprint density at radius 3 is 2.56 bits per heavy atom. The van der Waals surface area contributed by atoms with Gasteiger partial charge in [-0.2, -0.15) is 0 Å². The van der Waals surface area contributed by atoms with Crippen LogP contribution in [0.25, 0.3) is 0 Å². The quantitative estimate of drug-likeness (QED) is 0.498. The maximum atomic E-state index is 12.4. The molecular formula is C6H3ClFSi. The molecule has 0 fully saturated rings. The smallest absolute Gasteiger partial charge is 0.123 e. The van der Waals surface area contributed by atoms with Crippen molar-refractivity contribution in [1.82, 2.24) is 0 Å². The molecular weight excluding hydrogens is 155 g/mol. The molecule has 1 rings (SSSR count). The molecule has 0 unspecified atom stereocenters. The third-order valence-electron chi connectivity index (χ3n) is 0.963. The van der Waals surface area contributed by atoms with Gasteiger partial charge in [0, 0.05) is 5.02 Å². The first-order valence-electron chi connectivity index (χ1n) is 2.37. The van der Waals surface area contributed by atoms with Gasteiger partial charge in [-0.25, -0.2) is 4.39 Å². The molecule has 0 saturated carbocycles. The summed E-state index contributed by atoms with van der Waals surface area (Å²) in [5, 5.41) is 0.714. The lowest BCUT2D eigenvalue weighted by molar-refractivity contribution is 0.636. The van der Waals surface area contributed by atoms with Crippen LogP contribution in [0.2, 0.25) is 5.02 Å². The fraction of sp³-hybridized carbons (Fsp3) is 0. The Bertz CT molecular complexity index is 204. The third kappa shape index (κ3) is 1.31. The van der Waals surface area contributed by atoms with Crippen LogP contribution in [-0.4, -0.2) is 10.2 Å². The molecule has 3 heteroatoms. The minimum atomic E-state index is -0.334. The van der Waals surface area contributed by atoms with Crippen molar-refractivity contribution < 1.29 is 4.39 Å². The molecule has 0 amide bonds. The number of hydrogen-bond acceptors (Lipinski definition) is 0. The van der Waals surface area contributed by atoms with Crippen LogP contribution in [0, 0.1) is 5.82 Å². The van der Waals surface area contributed by atoms with Crippen LogP contribution in [0.15, 0.2) is 18.2 Å². The van der Waals surface area contributed by atoms with Crippen LogP contribution in [-0.2, 0) is 0 Å². The van der Waals surface area contributed by atoms with Gasteiger partial charge in [0.1, 0.15) is 5.82 Å². The summed E-state index contributed by atoms with van der Waals surface area (Å²) in [6.45, 7) is 0. The molecule has 0 nitrogen and oxygen atoms in total. The van der Waals surface area contributed by atoms with Gasteiger partial charge in [-0.3, -0.25) is 0 Å². The molecule has 0 heterocycles. The van der Waals surface area contributed by atoms with Crippen LogP contribution in [0.1, 0.15) is 0 Å². The zero-order valence-corrected chi connectivity index (χ0v) is 6.24. The van der Waals surface area contributed by atoms with Crippen molar-refractivity contribution in [3.63, 3.8) is 0 Å². The van der Waals surface area contributed by atoms with E-state index in [0.29, 0.717) is 10.2 Å². The van der Waals surface area contributed by atoms with E-state index in [1.807, 2.05) is 0 Å². The Kier molecular flexibility index (Phi) is 1.88. The molecule has 0 N–H and O–H groups in total. The maximum Gasteiger partial charge on any atom is 0.123 e. The summed E-state index contributed by atoms with van der Waals surface area (Å²) < 4.78 is 12.4. The second-order valence-electron chi connectivity index (χ2n) is 1.60. The molecule has 1 aromatic carbocycles. The standard InChI is InChI=1S/C6H3ClFSi/c7-4-2-1-3-5(8)6(4)9/h1-3H. The van der Waals surface area contributed by atoms with Crippen LogP contribution in [0.3, 0.4) is 0 Å². The predicted molar refractivity (Wildman–Crippen MR) is 36.8 cm³/mol. The van der Waals surface area contributed by atoms with E-state index in [1.54, 1.807) is 12.1 Å². The van der Waals surface area contributed by atoms with Crippen molar-refractivity contribution in [3.05, 3.63) is 29.0 Å². The van der Waals surface area contributed by atoms with Crippen LogP contribution in [0.5, 0.6) is 0 Å². The first-order valence-corrected chi connectivity index (χ1v) is 3.25. The minimum absolute atomic E-state index is 0.319. The molecule has 0 aromatic heterocycles. The van der Waals surface area contributed by atoms with Crippen molar-refractivity contribution in [3.8, 4) is 0 Å². The maximum absolute atomic E-state index is 12.4. The van der Waals surface area contributed by atoms with Crippen molar-refractivity contribution in [2.24, 2.45) is 0 Å². The van der Waals surface area contributed by atoms with Crippen LogP contribution >= 0.6 is 11.6 Å². The van der Waals surface area contributed by atoms with Gasteiger partial charge in [-0.05, 0) is 17.3 Å². The van der Waals surface area contributed by atoms with Gasteiger partial charge in [-0.1, -0.05) is 17.7 Å². The zero-order valence-electron chi connectivity index (χ0n) is 4.49. The van der Waals surface area contributed by atoms with E-state index >= 15 is 0 Å². The Morgan fingerprint density at radius 2 is 2.11 bits per heavy atom. The van der Waals surface area contributed by atoms with E-state index in [4.69, 9.17) is 11.6 Å². The molecule has 0 atom stereocenters. The average molecular weight is 158 g/mol. The van der Waals surface area contributed by atoms with Gasteiger partial charge in [0.2, 0.25) is 0 Å². The number of benzene rings is 1. The molecule has 45 valence electrons. The summed E-state index contributed by atoms with van der Waals surface area (Å²) in [5.74, 6) is -0.334. The summed E-state index contributed by atoms with van der Waals surface area (Å²) in [6, 6.07) is 4.52. The monoisotopic (exact) mass is 157 g/mol. The van der Waals surface area contributed by atoms with Crippen molar-refractivity contribution >= 4 is 27.0 Å².